The van der Waals surface area contributed by atoms with Gasteiger partial charge < -0.3 is 15.6 Å². The highest BCUT2D eigenvalue weighted by Gasteiger charge is 2.23. The number of imidazole rings is 1. The van der Waals surface area contributed by atoms with Crippen molar-refractivity contribution in [2.24, 2.45) is 5.73 Å². The highest BCUT2D eigenvalue weighted by atomic mass is 79.9. The van der Waals surface area contributed by atoms with Crippen molar-refractivity contribution in [2.75, 3.05) is 5.32 Å². The van der Waals surface area contributed by atoms with Gasteiger partial charge in [0.05, 0.1) is 15.6 Å². The number of nitrogens with two attached hydrogens (primary N) is 1. The minimum absolute atomic E-state index is 0.239. The molecule has 1 aliphatic rings. The maximum absolute atomic E-state index is 9.55. The average Bonchev–Trinajstić information content (AvgIpc) is 2.88. The Morgan fingerprint density at radius 1 is 1.33 bits per heavy atom. The number of benzene rings is 1. The molecular weight excluding hydrogens is 434 g/mol. The highest BCUT2D eigenvalue weighted by Crippen LogP contribution is 2.36. The van der Waals surface area contributed by atoms with Crippen LogP contribution >= 0.6 is 31.9 Å². The van der Waals surface area contributed by atoms with Gasteiger partial charge in [-0.25, -0.2) is 4.98 Å². The van der Waals surface area contributed by atoms with E-state index in [4.69, 9.17) is 10.7 Å². The van der Waals surface area contributed by atoms with Crippen LogP contribution in [-0.4, -0.2) is 21.6 Å². The molecule has 3 N–H and O–H groups in total. The van der Waals surface area contributed by atoms with Crippen LogP contribution in [0.4, 0.5) is 5.95 Å². The van der Waals surface area contributed by atoms with Crippen molar-refractivity contribution in [2.45, 2.75) is 57.7 Å². The SMILES string of the molecule is CC(C)n1c(NC2CCC(N)CC2)nc2c(C#N)c(Br)c(Br)cc21. The fourth-order valence-electron chi connectivity index (χ4n) is 3.35. The van der Waals surface area contributed by atoms with Crippen molar-refractivity contribution in [3.8, 4) is 6.07 Å². The fourth-order valence-corrected chi connectivity index (χ4v) is 4.15. The van der Waals surface area contributed by atoms with Crippen LogP contribution in [0.25, 0.3) is 11.0 Å². The zero-order valence-electron chi connectivity index (χ0n) is 13.8. The van der Waals surface area contributed by atoms with Gasteiger partial charge >= 0.3 is 0 Å². The first kappa shape index (κ1) is 17.7. The van der Waals surface area contributed by atoms with Gasteiger partial charge in [-0.05, 0) is 77.5 Å². The summed E-state index contributed by atoms with van der Waals surface area (Å²) < 4.78 is 3.78. The molecule has 0 spiro atoms. The van der Waals surface area contributed by atoms with Crippen molar-refractivity contribution in [1.29, 1.82) is 5.26 Å². The quantitative estimate of drug-likeness (QED) is 0.704. The lowest BCUT2D eigenvalue weighted by molar-refractivity contribution is 0.408. The van der Waals surface area contributed by atoms with Gasteiger partial charge in [-0.3, -0.25) is 0 Å². The van der Waals surface area contributed by atoms with Crippen LogP contribution in [0.5, 0.6) is 0 Å². The third-order valence-corrected chi connectivity index (χ3v) is 6.59. The number of aromatic nitrogens is 2. The molecule has 1 saturated carbocycles. The van der Waals surface area contributed by atoms with Gasteiger partial charge in [-0.2, -0.15) is 5.26 Å². The van der Waals surface area contributed by atoms with Crippen LogP contribution in [-0.2, 0) is 0 Å². The maximum atomic E-state index is 9.55. The van der Waals surface area contributed by atoms with E-state index in [0.29, 0.717) is 17.6 Å². The number of nitriles is 1. The molecule has 128 valence electrons. The van der Waals surface area contributed by atoms with Crippen LogP contribution < -0.4 is 11.1 Å². The van der Waals surface area contributed by atoms with Crippen molar-refractivity contribution < 1.29 is 0 Å². The molecule has 1 heterocycles. The number of rotatable bonds is 3. The molecule has 1 aliphatic carbocycles. The molecule has 1 aromatic carbocycles. The van der Waals surface area contributed by atoms with Gasteiger partial charge in [0.1, 0.15) is 11.6 Å². The first-order chi connectivity index (χ1) is 11.4. The van der Waals surface area contributed by atoms with Crippen molar-refractivity contribution >= 4 is 48.8 Å². The minimum atomic E-state index is 0.239. The van der Waals surface area contributed by atoms with Gasteiger partial charge in [-0.1, -0.05) is 0 Å². The third kappa shape index (κ3) is 3.19. The number of halogens is 2. The Balaban J connectivity index is 2.07. The molecule has 0 bridgehead atoms. The predicted octanol–water partition coefficient (Wildman–Crippen LogP) is 4.70. The van der Waals surface area contributed by atoms with E-state index < -0.39 is 0 Å². The van der Waals surface area contributed by atoms with Crippen LogP contribution in [0, 0.1) is 11.3 Å². The van der Waals surface area contributed by atoms with E-state index in [1.807, 2.05) is 6.07 Å². The minimum Gasteiger partial charge on any atom is -0.353 e. The molecule has 0 aliphatic heterocycles. The van der Waals surface area contributed by atoms with Gasteiger partial charge in [0.25, 0.3) is 0 Å². The Kier molecular flexibility index (Phi) is 5.19. The molecule has 5 nitrogen and oxygen atoms in total. The Bertz CT molecular complexity index is 798. The van der Waals surface area contributed by atoms with E-state index >= 15 is 0 Å². The second-order valence-electron chi connectivity index (χ2n) is 6.68. The molecule has 0 amide bonds. The Morgan fingerprint density at radius 2 is 2.00 bits per heavy atom. The Morgan fingerprint density at radius 3 is 2.58 bits per heavy atom. The maximum Gasteiger partial charge on any atom is 0.204 e. The molecule has 0 atom stereocenters. The molecular formula is C17H21Br2N5. The second kappa shape index (κ2) is 7.03. The first-order valence-corrected chi connectivity index (χ1v) is 9.83. The second-order valence-corrected chi connectivity index (χ2v) is 8.33. The molecule has 24 heavy (non-hydrogen) atoms. The largest absolute Gasteiger partial charge is 0.353 e. The van der Waals surface area contributed by atoms with Crippen molar-refractivity contribution in [1.82, 2.24) is 9.55 Å². The molecule has 3 rings (SSSR count). The summed E-state index contributed by atoms with van der Waals surface area (Å²) in [5.74, 6) is 0.835. The van der Waals surface area contributed by atoms with Crippen LogP contribution in [0.15, 0.2) is 15.0 Å². The summed E-state index contributed by atoms with van der Waals surface area (Å²) in [5.41, 5.74) is 8.27. The summed E-state index contributed by atoms with van der Waals surface area (Å²) in [5, 5.41) is 13.1. The standard InChI is InChI=1S/C17H21Br2N5/c1-9(2)24-14-7-13(18)15(19)12(8-20)16(14)23-17(24)22-11-5-3-10(21)4-6-11/h7,9-11H,3-6,21H2,1-2H3,(H,22,23). The van der Waals surface area contributed by atoms with Gasteiger partial charge in [0.2, 0.25) is 5.95 Å². The summed E-state index contributed by atoms with van der Waals surface area (Å²) in [7, 11) is 0. The number of anilines is 1. The van der Waals surface area contributed by atoms with Gasteiger partial charge in [0.15, 0.2) is 0 Å². The normalized spacial score (nSPS) is 21.2. The predicted molar refractivity (Wildman–Crippen MR) is 104 cm³/mol. The first-order valence-electron chi connectivity index (χ1n) is 8.24. The molecule has 7 heteroatoms. The summed E-state index contributed by atoms with van der Waals surface area (Å²) in [6.07, 6.45) is 4.20. The zero-order chi connectivity index (χ0) is 17.4. The van der Waals surface area contributed by atoms with E-state index in [1.54, 1.807) is 0 Å². The molecule has 1 aromatic heterocycles. The van der Waals surface area contributed by atoms with Crippen molar-refractivity contribution in [3.63, 3.8) is 0 Å². The van der Waals surface area contributed by atoms with E-state index in [2.05, 4.69) is 61.7 Å². The lowest BCUT2D eigenvalue weighted by Gasteiger charge is -2.27. The lowest BCUT2D eigenvalue weighted by atomic mass is 9.92. The average molecular weight is 455 g/mol. The fraction of sp³-hybridized carbons (Fsp3) is 0.529. The molecule has 0 unspecified atom stereocenters. The smallest absolute Gasteiger partial charge is 0.204 e. The van der Waals surface area contributed by atoms with Gasteiger partial charge in [0, 0.05) is 22.6 Å². The topological polar surface area (TPSA) is 79.7 Å². The molecule has 0 saturated heterocycles. The summed E-state index contributed by atoms with van der Waals surface area (Å²) >= 11 is 7.02. The Hall–Kier alpha value is -1.10. The lowest BCUT2D eigenvalue weighted by Crippen LogP contribution is -2.33. The van der Waals surface area contributed by atoms with Crippen LogP contribution in [0.3, 0.4) is 0 Å². The van der Waals surface area contributed by atoms with E-state index in [-0.39, 0.29) is 6.04 Å². The number of fused-ring (bicyclic) bond motifs is 1. The van der Waals surface area contributed by atoms with Crippen LogP contribution in [0.1, 0.15) is 51.1 Å². The monoisotopic (exact) mass is 453 g/mol. The third-order valence-electron chi connectivity index (χ3n) is 4.61. The van der Waals surface area contributed by atoms with Crippen molar-refractivity contribution in [3.05, 3.63) is 20.6 Å². The summed E-state index contributed by atoms with van der Waals surface area (Å²) in [4.78, 5) is 4.77. The van der Waals surface area contributed by atoms with Crippen LogP contribution in [0.2, 0.25) is 0 Å². The molecule has 0 radical (unpaired) electrons. The highest BCUT2D eigenvalue weighted by molar-refractivity contribution is 9.13. The number of nitrogens with zero attached hydrogens (tertiary/aromatic N) is 3. The van der Waals surface area contributed by atoms with E-state index in [1.165, 1.54) is 0 Å². The number of nitrogens with one attached hydrogen (secondary N) is 1. The van der Waals surface area contributed by atoms with E-state index in [9.17, 15) is 5.26 Å². The summed E-state index contributed by atoms with van der Waals surface area (Å²) in [6, 6.07) is 5.24. The van der Waals surface area contributed by atoms with Gasteiger partial charge in [-0.15, -0.1) is 0 Å². The molecule has 2 aromatic rings. The number of hydrogen-bond acceptors (Lipinski definition) is 4. The number of hydrogen-bond donors (Lipinski definition) is 2. The summed E-state index contributed by atoms with van der Waals surface area (Å²) in [6.45, 7) is 4.26. The van der Waals surface area contributed by atoms with E-state index in [0.717, 1.165) is 51.6 Å². The zero-order valence-corrected chi connectivity index (χ0v) is 17.0. The Labute approximate surface area is 158 Å². The molecule has 1 fully saturated rings.